The van der Waals surface area contributed by atoms with E-state index >= 15 is 0 Å². The fourth-order valence-electron chi connectivity index (χ4n) is 1.54. The van der Waals surface area contributed by atoms with Crippen molar-refractivity contribution in [3.63, 3.8) is 0 Å². The predicted octanol–water partition coefficient (Wildman–Crippen LogP) is 1.93. The highest BCUT2D eigenvalue weighted by molar-refractivity contribution is 5.20. The summed E-state index contributed by atoms with van der Waals surface area (Å²) in [7, 11) is 0. The summed E-state index contributed by atoms with van der Waals surface area (Å²) in [6.07, 6.45) is 2.71. The van der Waals surface area contributed by atoms with E-state index in [4.69, 9.17) is 15.0 Å². The zero-order valence-corrected chi connectivity index (χ0v) is 10.2. The molecule has 0 atom stereocenters. The van der Waals surface area contributed by atoms with E-state index < -0.39 is 0 Å². The SMILES string of the molecule is NCCCCc1nc(COc2ccccc2)no1. The number of ether oxygens (including phenoxy) is 1. The summed E-state index contributed by atoms with van der Waals surface area (Å²) >= 11 is 0. The number of rotatable bonds is 7. The summed E-state index contributed by atoms with van der Waals surface area (Å²) in [6, 6.07) is 9.56. The number of unbranched alkanes of at least 4 members (excludes halogenated alkanes) is 1. The summed E-state index contributed by atoms with van der Waals surface area (Å²) in [5.41, 5.74) is 5.42. The number of aryl methyl sites for hydroxylation is 1. The summed E-state index contributed by atoms with van der Waals surface area (Å²) < 4.78 is 10.6. The minimum absolute atomic E-state index is 0.324. The van der Waals surface area contributed by atoms with Crippen molar-refractivity contribution in [2.45, 2.75) is 25.9 Å². The second-order valence-electron chi connectivity index (χ2n) is 3.95. The quantitative estimate of drug-likeness (QED) is 0.757. The van der Waals surface area contributed by atoms with Crippen molar-refractivity contribution in [3.05, 3.63) is 42.0 Å². The van der Waals surface area contributed by atoms with Gasteiger partial charge in [-0.05, 0) is 31.5 Å². The minimum Gasteiger partial charge on any atom is -0.485 e. The highest BCUT2D eigenvalue weighted by Crippen LogP contribution is 2.10. The van der Waals surface area contributed by atoms with E-state index in [0.29, 0.717) is 24.9 Å². The molecule has 0 bridgehead atoms. The fourth-order valence-corrected chi connectivity index (χ4v) is 1.54. The van der Waals surface area contributed by atoms with Gasteiger partial charge in [-0.25, -0.2) is 0 Å². The first kappa shape index (κ1) is 12.6. The molecule has 0 saturated heterocycles. The van der Waals surface area contributed by atoms with Crippen LogP contribution in [0.15, 0.2) is 34.9 Å². The maximum atomic E-state index is 5.53. The smallest absolute Gasteiger partial charge is 0.226 e. The molecule has 5 nitrogen and oxygen atoms in total. The van der Waals surface area contributed by atoms with Crippen LogP contribution in [0.5, 0.6) is 5.75 Å². The maximum Gasteiger partial charge on any atom is 0.226 e. The Morgan fingerprint density at radius 2 is 2.00 bits per heavy atom. The number of benzene rings is 1. The highest BCUT2D eigenvalue weighted by atomic mass is 16.5. The largest absolute Gasteiger partial charge is 0.485 e. The fraction of sp³-hybridized carbons (Fsp3) is 0.385. The average molecular weight is 247 g/mol. The molecule has 18 heavy (non-hydrogen) atoms. The van der Waals surface area contributed by atoms with Crippen molar-refractivity contribution in [2.75, 3.05) is 6.54 Å². The molecule has 2 rings (SSSR count). The molecule has 0 aliphatic carbocycles. The van der Waals surface area contributed by atoms with Crippen LogP contribution in [0, 0.1) is 0 Å². The van der Waals surface area contributed by atoms with Crippen LogP contribution >= 0.6 is 0 Å². The van der Waals surface area contributed by atoms with Crippen LogP contribution < -0.4 is 10.5 Å². The van der Waals surface area contributed by atoms with Gasteiger partial charge in [-0.2, -0.15) is 4.98 Å². The second kappa shape index (κ2) is 6.76. The van der Waals surface area contributed by atoms with Crippen LogP contribution in [-0.2, 0) is 13.0 Å². The van der Waals surface area contributed by atoms with Gasteiger partial charge in [0.1, 0.15) is 5.75 Å². The molecule has 0 spiro atoms. The summed E-state index contributed by atoms with van der Waals surface area (Å²) in [5.74, 6) is 2.02. The molecule has 2 N–H and O–H groups in total. The maximum absolute atomic E-state index is 5.53. The van der Waals surface area contributed by atoms with E-state index in [1.807, 2.05) is 30.3 Å². The Morgan fingerprint density at radius 1 is 1.17 bits per heavy atom. The van der Waals surface area contributed by atoms with Crippen molar-refractivity contribution >= 4 is 0 Å². The van der Waals surface area contributed by atoms with Crippen LogP contribution in [0.3, 0.4) is 0 Å². The van der Waals surface area contributed by atoms with Crippen LogP contribution in [0.25, 0.3) is 0 Å². The normalized spacial score (nSPS) is 10.5. The lowest BCUT2D eigenvalue weighted by atomic mass is 10.2. The molecule has 0 fully saturated rings. The van der Waals surface area contributed by atoms with Gasteiger partial charge < -0.3 is 15.0 Å². The number of para-hydroxylation sites is 1. The lowest BCUT2D eigenvalue weighted by Gasteiger charge is -2.01. The number of nitrogens with two attached hydrogens (primary N) is 1. The Labute approximate surface area is 106 Å². The number of aromatic nitrogens is 2. The zero-order chi connectivity index (χ0) is 12.6. The van der Waals surface area contributed by atoms with Crippen LogP contribution in [-0.4, -0.2) is 16.7 Å². The Morgan fingerprint density at radius 3 is 2.78 bits per heavy atom. The van der Waals surface area contributed by atoms with Crippen molar-refractivity contribution in [1.82, 2.24) is 10.1 Å². The molecule has 0 aliphatic rings. The highest BCUT2D eigenvalue weighted by Gasteiger charge is 2.06. The monoisotopic (exact) mass is 247 g/mol. The lowest BCUT2D eigenvalue weighted by molar-refractivity contribution is 0.285. The van der Waals surface area contributed by atoms with Gasteiger partial charge >= 0.3 is 0 Å². The van der Waals surface area contributed by atoms with Gasteiger partial charge in [0.05, 0.1) is 0 Å². The Hall–Kier alpha value is -1.88. The third kappa shape index (κ3) is 3.85. The molecule has 0 radical (unpaired) electrons. The third-order valence-corrected chi connectivity index (χ3v) is 2.47. The summed E-state index contributed by atoms with van der Waals surface area (Å²) in [5, 5.41) is 3.87. The second-order valence-corrected chi connectivity index (χ2v) is 3.95. The molecule has 0 saturated carbocycles. The van der Waals surface area contributed by atoms with Gasteiger partial charge in [-0.3, -0.25) is 0 Å². The van der Waals surface area contributed by atoms with Gasteiger partial charge in [0, 0.05) is 6.42 Å². The lowest BCUT2D eigenvalue weighted by Crippen LogP contribution is -2.00. The average Bonchev–Trinajstić information content (AvgIpc) is 2.86. The van der Waals surface area contributed by atoms with Crippen molar-refractivity contribution < 1.29 is 9.26 Å². The van der Waals surface area contributed by atoms with E-state index in [9.17, 15) is 0 Å². The number of hydrogen-bond acceptors (Lipinski definition) is 5. The van der Waals surface area contributed by atoms with E-state index in [0.717, 1.165) is 25.0 Å². The van der Waals surface area contributed by atoms with Crippen molar-refractivity contribution in [3.8, 4) is 5.75 Å². The van der Waals surface area contributed by atoms with Gasteiger partial charge in [-0.1, -0.05) is 23.4 Å². The van der Waals surface area contributed by atoms with Crippen LogP contribution in [0.1, 0.15) is 24.6 Å². The van der Waals surface area contributed by atoms with Gasteiger partial charge in [-0.15, -0.1) is 0 Å². The molecule has 1 aromatic heterocycles. The van der Waals surface area contributed by atoms with Crippen molar-refractivity contribution in [2.24, 2.45) is 5.73 Å². The van der Waals surface area contributed by atoms with Crippen molar-refractivity contribution in [1.29, 1.82) is 0 Å². The molecule has 96 valence electrons. The van der Waals surface area contributed by atoms with Crippen LogP contribution in [0.2, 0.25) is 0 Å². The Bertz CT molecular complexity index is 456. The predicted molar refractivity (Wildman–Crippen MR) is 67.1 cm³/mol. The standard InChI is InChI=1S/C13H17N3O2/c14-9-5-4-8-13-15-12(16-18-13)10-17-11-6-2-1-3-7-11/h1-3,6-7H,4-5,8-10,14H2. The first-order valence-corrected chi connectivity index (χ1v) is 6.08. The molecule has 0 unspecified atom stereocenters. The number of nitrogens with zero attached hydrogens (tertiary/aromatic N) is 2. The van der Waals surface area contributed by atoms with Gasteiger partial charge in [0.2, 0.25) is 11.7 Å². The first-order chi connectivity index (χ1) is 8.88. The Balaban J connectivity index is 1.80. The molecule has 1 heterocycles. The topological polar surface area (TPSA) is 74.2 Å². The van der Waals surface area contributed by atoms with Gasteiger partial charge in [0.25, 0.3) is 0 Å². The molecule has 0 amide bonds. The van der Waals surface area contributed by atoms with E-state index in [-0.39, 0.29) is 0 Å². The van der Waals surface area contributed by atoms with Crippen LogP contribution in [0.4, 0.5) is 0 Å². The first-order valence-electron chi connectivity index (χ1n) is 6.08. The molecule has 1 aromatic carbocycles. The van der Waals surface area contributed by atoms with E-state index in [1.54, 1.807) is 0 Å². The molecular formula is C13H17N3O2. The zero-order valence-electron chi connectivity index (χ0n) is 10.2. The van der Waals surface area contributed by atoms with Gasteiger partial charge in [0.15, 0.2) is 6.61 Å². The molecule has 2 aromatic rings. The van der Waals surface area contributed by atoms with E-state index in [2.05, 4.69) is 10.1 Å². The summed E-state index contributed by atoms with van der Waals surface area (Å²) in [6.45, 7) is 1.02. The summed E-state index contributed by atoms with van der Waals surface area (Å²) in [4.78, 5) is 4.25. The minimum atomic E-state index is 0.324. The molecule has 0 aliphatic heterocycles. The number of hydrogen-bond donors (Lipinski definition) is 1. The molecule has 5 heteroatoms. The third-order valence-electron chi connectivity index (χ3n) is 2.47. The Kier molecular flexibility index (Phi) is 4.72. The van der Waals surface area contributed by atoms with E-state index in [1.165, 1.54) is 0 Å². The molecular weight excluding hydrogens is 230 g/mol.